The predicted molar refractivity (Wildman–Crippen MR) is 57.9 cm³/mol. The molecule has 1 saturated carbocycles. The maximum Gasteiger partial charge on any atom is 0.209 e. The minimum Gasteiger partial charge on any atom is -0.388 e. The van der Waals surface area contributed by atoms with Gasteiger partial charge >= 0.3 is 0 Å². The molecule has 1 atom stereocenters. The van der Waals surface area contributed by atoms with Crippen LogP contribution >= 0.6 is 11.8 Å². The number of nitrogens with one attached hydrogen (secondary N) is 1. The highest BCUT2D eigenvalue weighted by molar-refractivity contribution is 7.99. The van der Waals surface area contributed by atoms with E-state index in [2.05, 4.69) is 15.5 Å². The zero-order valence-electron chi connectivity index (χ0n) is 8.55. The molecule has 15 heavy (non-hydrogen) atoms. The molecule has 1 aromatic heterocycles. The van der Waals surface area contributed by atoms with Crippen LogP contribution in [-0.2, 0) is 0 Å². The zero-order chi connectivity index (χ0) is 10.8. The Morgan fingerprint density at radius 3 is 3.07 bits per heavy atom. The maximum atomic E-state index is 7.21. The normalized spacial score (nSPS) is 17.7. The minimum absolute atomic E-state index is 0.209. The van der Waals surface area contributed by atoms with E-state index in [-0.39, 0.29) is 11.1 Å². The number of hydrogen-bond donors (Lipinski definition) is 2. The fourth-order valence-electron chi connectivity index (χ4n) is 1.34. The van der Waals surface area contributed by atoms with E-state index in [0.717, 1.165) is 5.16 Å². The Labute approximate surface area is 92.1 Å². The Balaban J connectivity index is 1.97. The molecule has 7 heteroatoms. The fourth-order valence-corrected chi connectivity index (χ4v) is 2.34. The van der Waals surface area contributed by atoms with E-state index < -0.39 is 0 Å². The summed E-state index contributed by atoms with van der Waals surface area (Å²) in [5.41, 5.74) is 5.34. The highest BCUT2D eigenvalue weighted by Crippen LogP contribution is 2.37. The van der Waals surface area contributed by atoms with Crippen molar-refractivity contribution in [3.63, 3.8) is 0 Å². The summed E-state index contributed by atoms with van der Waals surface area (Å²) in [6.07, 6.45) is 2.90. The van der Waals surface area contributed by atoms with Crippen molar-refractivity contribution in [1.29, 1.82) is 5.41 Å². The van der Waals surface area contributed by atoms with Gasteiger partial charge < -0.3 is 5.73 Å². The molecule has 1 aliphatic carbocycles. The average molecular weight is 226 g/mol. The second kappa shape index (κ2) is 4.18. The van der Waals surface area contributed by atoms with Crippen LogP contribution in [0.4, 0.5) is 0 Å². The molecule has 0 amide bonds. The molecule has 1 fully saturated rings. The summed E-state index contributed by atoms with van der Waals surface area (Å²) in [5.74, 6) is 0.209. The first-order valence-electron chi connectivity index (χ1n) is 4.94. The number of aromatic nitrogens is 4. The molecule has 1 unspecified atom stereocenters. The van der Waals surface area contributed by atoms with E-state index in [1.165, 1.54) is 12.8 Å². The zero-order valence-corrected chi connectivity index (χ0v) is 9.37. The summed E-state index contributed by atoms with van der Waals surface area (Å²) < 4.78 is 1.88. The van der Waals surface area contributed by atoms with Crippen LogP contribution in [-0.4, -0.2) is 31.3 Å². The van der Waals surface area contributed by atoms with Crippen LogP contribution < -0.4 is 5.73 Å². The Morgan fingerprint density at radius 2 is 2.47 bits per heavy atom. The lowest BCUT2D eigenvalue weighted by Gasteiger charge is -2.08. The lowest BCUT2D eigenvalue weighted by atomic mass is 10.3. The SMILES string of the molecule is CC(CC(=N)N)Sc1nnnn1C1CC1. The Kier molecular flexibility index (Phi) is 2.90. The molecular formula is C8H14N6S. The number of nitrogens with zero attached hydrogens (tertiary/aromatic N) is 4. The molecule has 0 spiro atoms. The van der Waals surface area contributed by atoms with Gasteiger partial charge in [0.25, 0.3) is 0 Å². The first kappa shape index (κ1) is 10.4. The summed E-state index contributed by atoms with van der Waals surface area (Å²) in [6.45, 7) is 2.03. The van der Waals surface area contributed by atoms with E-state index in [0.29, 0.717) is 12.5 Å². The van der Waals surface area contributed by atoms with Gasteiger partial charge in [-0.25, -0.2) is 4.68 Å². The molecule has 1 aliphatic rings. The van der Waals surface area contributed by atoms with Gasteiger partial charge in [-0.2, -0.15) is 0 Å². The molecule has 6 nitrogen and oxygen atoms in total. The van der Waals surface area contributed by atoms with E-state index in [9.17, 15) is 0 Å². The third kappa shape index (κ3) is 2.68. The third-order valence-corrected chi connectivity index (χ3v) is 3.22. The third-order valence-electron chi connectivity index (χ3n) is 2.17. The van der Waals surface area contributed by atoms with Crippen molar-refractivity contribution in [2.75, 3.05) is 0 Å². The Morgan fingerprint density at radius 1 is 1.73 bits per heavy atom. The largest absolute Gasteiger partial charge is 0.388 e. The summed E-state index contributed by atoms with van der Waals surface area (Å²) in [4.78, 5) is 0. The van der Waals surface area contributed by atoms with Gasteiger partial charge in [-0.05, 0) is 23.3 Å². The molecule has 82 valence electrons. The van der Waals surface area contributed by atoms with Crippen molar-refractivity contribution in [2.24, 2.45) is 5.73 Å². The van der Waals surface area contributed by atoms with E-state index >= 15 is 0 Å². The van der Waals surface area contributed by atoms with Crippen LogP contribution in [0.15, 0.2) is 5.16 Å². The van der Waals surface area contributed by atoms with Crippen LogP contribution in [0.2, 0.25) is 0 Å². The van der Waals surface area contributed by atoms with Crippen LogP contribution in [0, 0.1) is 5.41 Å². The lowest BCUT2D eigenvalue weighted by molar-refractivity contribution is 0.565. The summed E-state index contributed by atoms with van der Waals surface area (Å²) >= 11 is 1.58. The number of hydrogen-bond acceptors (Lipinski definition) is 5. The fraction of sp³-hybridized carbons (Fsp3) is 0.750. The highest BCUT2D eigenvalue weighted by atomic mass is 32.2. The second-order valence-electron chi connectivity index (χ2n) is 3.80. The average Bonchev–Trinajstić information content (AvgIpc) is 2.87. The molecule has 0 saturated heterocycles. The summed E-state index contributed by atoms with van der Waals surface area (Å²) in [7, 11) is 0. The van der Waals surface area contributed by atoms with E-state index in [1.54, 1.807) is 11.8 Å². The quantitative estimate of drug-likeness (QED) is 0.440. The lowest BCUT2D eigenvalue weighted by Crippen LogP contribution is -2.15. The van der Waals surface area contributed by atoms with Crippen LogP contribution in [0.5, 0.6) is 0 Å². The van der Waals surface area contributed by atoms with Crippen molar-refractivity contribution in [3.05, 3.63) is 0 Å². The molecule has 1 heterocycles. The monoisotopic (exact) mass is 226 g/mol. The van der Waals surface area contributed by atoms with Crippen molar-refractivity contribution in [1.82, 2.24) is 20.2 Å². The summed E-state index contributed by atoms with van der Waals surface area (Å²) in [6, 6.07) is 0.493. The van der Waals surface area contributed by atoms with Gasteiger partial charge in [0.2, 0.25) is 5.16 Å². The first-order valence-corrected chi connectivity index (χ1v) is 5.82. The topological polar surface area (TPSA) is 93.5 Å². The van der Waals surface area contributed by atoms with Gasteiger partial charge in [-0.1, -0.05) is 18.7 Å². The maximum absolute atomic E-state index is 7.21. The number of nitrogens with two attached hydrogens (primary N) is 1. The number of amidine groups is 1. The molecule has 3 N–H and O–H groups in total. The molecule has 0 bridgehead atoms. The van der Waals surface area contributed by atoms with Gasteiger partial charge in [0.1, 0.15) is 0 Å². The number of tetrazole rings is 1. The van der Waals surface area contributed by atoms with Gasteiger partial charge in [-0.15, -0.1) is 5.10 Å². The molecule has 0 radical (unpaired) electrons. The second-order valence-corrected chi connectivity index (χ2v) is 5.20. The highest BCUT2D eigenvalue weighted by Gasteiger charge is 2.28. The number of thioether (sulfide) groups is 1. The Hall–Kier alpha value is -1.11. The van der Waals surface area contributed by atoms with Gasteiger partial charge in [-0.3, -0.25) is 5.41 Å². The Bertz CT molecular complexity index is 358. The van der Waals surface area contributed by atoms with Crippen molar-refractivity contribution >= 4 is 17.6 Å². The van der Waals surface area contributed by atoms with E-state index in [1.807, 2.05) is 11.6 Å². The standard InChI is InChI=1S/C8H14N6S/c1-5(4-7(9)10)15-8-11-12-13-14(8)6-2-3-6/h5-6H,2-4H2,1H3,(H3,9,10). The molecule has 1 aromatic rings. The van der Waals surface area contributed by atoms with Crippen molar-refractivity contribution in [2.45, 2.75) is 42.6 Å². The molecule has 0 aliphatic heterocycles. The van der Waals surface area contributed by atoms with Crippen LogP contribution in [0.3, 0.4) is 0 Å². The minimum atomic E-state index is 0.209. The molecular weight excluding hydrogens is 212 g/mol. The smallest absolute Gasteiger partial charge is 0.209 e. The molecule has 0 aromatic carbocycles. The van der Waals surface area contributed by atoms with Crippen molar-refractivity contribution in [3.8, 4) is 0 Å². The van der Waals surface area contributed by atoms with E-state index in [4.69, 9.17) is 11.1 Å². The van der Waals surface area contributed by atoms with Gasteiger partial charge in [0, 0.05) is 11.7 Å². The van der Waals surface area contributed by atoms with Gasteiger partial charge in [0.05, 0.1) is 11.9 Å². The number of rotatable bonds is 5. The van der Waals surface area contributed by atoms with Crippen LogP contribution in [0.1, 0.15) is 32.2 Å². The van der Waals surface area contributed by atoms with Crippen LogP contribution in [0.25, 0.3) is 0 Å². The summed E-state index contributed by atoms with van der Waals surface area (Å²) in [5, 5.41) is 19.9. The first-order chi connectivity index (χ1) is 7.16. The van der Waals surface area contributed by atoms with Gasteiger partial charge in [0.15, 0.2) is 0 Å². The molecule has 2 rings (SSSR count). The van der Waals surface area contributed by atoms with Crippen molar-refractivity contribution < 1.29 is 0 Å². The predicted octanol–water partition coefficient (Wildman–Crippen LogP) is 0.815.